The molecule has 0 spiro atoms. The van der Waals surface area contributed by atoms with Gasteiger partial charge in [0.1, 0.15) is 17.1 Å². The molecule has 0 saturated heterocycles. The molecule has 0 fully saturated rings. The molecule has 0 atom stereocenters. The third-order valence-electron chi connectivity index (χ3n) is 5.13. The molecule has 1 aliphatic heterocycles. The predicted octanol–water partition coefficient (Wildman–Crippen LogP) is 4.89. The van der Waals surface area contributed by atoms with Crippen LogP contribution in [0.4, 0.5) is 5.69 Å². The fraction of sp³-hybridized carbons (Fsp3) is 0.348. The monoisotopic (exact) mass is 379 g/mol. The normalized spacial score (nSPS) is 13.3. The smallest absolute Gasteiger partial charge is 0.336 e. The van der Waals surface area contributed by atoms with Gasteiger partial charge in [-0.1, -0.05) is 20.3 Å². The van der Waals surface area contributed by atoms with Crippen molar-refractivity contribution in [3.05, 3.63) is 64.0 Å². The zero-order valence-corrected chi connectivity index (χ0v) is 16.4. The number of unbranched alkanes of at least 4 members (excludes halogenated alkanes) is 1. The average Bonchev–Trinajstić information content (AvgIpc) is 2.73. The summed E-state index contributed by atoms with van der Waals surface area (Å²) < 4.78 is 17.3. The summed E-state index contributed by atoms with van der Waals surface area (Å²) in [6, 6.07) is 13.6. The van der Waals surface area contributed by atoms with E-state index in [-0.39, 0.29) is 5.63 Å². The SMILES string of the molecule is CCCCOc1ccc(N2COc3ccc4c(CC)cc(=O)oc4c3C2)cc1. The van der Waals surface area contributed by atoms with E-state index in [0.717, 1.165) is 59.6 Å². The topological polar surface area (TPSA) is 51.9 Å². The minimum absolute atomic E-state index is 0.316. The Kier molecular flexibility index (Phi) is 5.24. The zero-order chi connectivity index (χ0) is 19.5. The van der Waals surface area contributed by atoms with Crippen molar-refractivity contribution in [1.29, 1.82) is 0 Å². The first-order chi connectivity index (χ1) is 13.7. The molecule has 3 aromatic rings. The molecule has 146 valence electrons. The summed E-state index contributed by atoms with van der Waals surface area (Å²) in [7, 11) is 0. The van der Waals surface area contributed by atoms with E-state index in [1.807, 2.05) is 43.3 Å². The van der Waals surface area contributed by atoms with Gasteiger partial charge in [-0.2, -0.15) is 0 Å². The molecule has 0 amide bonds. The summed E-state index contributed by atoms with van der Waals surface area (Å²) in [5.41, 5.74) is 3.27. The number of fused-ring (bicyclic) bond motifs is 3. The number of aryl methyl sites for hydroxylation is 1. The van der Waals surface area contributed by atoms with Gasteiger partial charge in [0.2, 0.25) is 0 Å². The molecule has 0 N–H and O–H groups in total. The predicted molar refractivity (Wildman–Crippen MR) is 110 cm³/mol. The maximum atomic E-state index is 12.0. The molecule has 1 aromatic heterocycles. The maximum absolute atomic E-state index is 12.0. The summed E-state index contributed by atoms with van der Waals surface area (Å²) in [4.78, 5) is 14.1. The molecular weight excluding hydrogens is 354 g/mol. The molecule has 0 aliphatic carbocycles. The second kappa shape index (κ2) is 7.97. The van der Waals surface area contributed by atoms with Crippen molar-refractivity contribution in [2.24, 2.45) is 0 Å². The van der Waals surface area contributed by atoms with Crippen molar-refractivity contribution in [1.82, 2.24) is 0 Å². The second-order valence-corrected chi connectivity index (χ2v) is 7.03. The van der Waals surface area contributed by atoms with E-state index >= 15 is 0 Å². The van der Waals surface area contributed by atoms with Crippen molar-refractivity contribution < 1.29 is 13.9 Å². The van der Waals surface area contributed by atoms with Gasteiger partial charge in [0.05, 0.1) is 18.7 Å². The fourth-order valence-corrected chi connectivity index (χ4v) is 3.54. The van der Waals surface area contributed by atoms with Gasteiger partial charge in [-0.05, 0) is 54.8 Å². The van der Waals surface area contributed by atoms with Crippen LogP contribution in [0, 0.1) is 0 Å². The van der Waals surface area contributed by atoms with E-state index in [0.29, 0.717) is 18.9 Å². The third kappa shape index (κ3) is 3.57. The lowest BCUT2D eigenvalue weighted by molar-refractivity contribution is 0.288. The van der Waals surface area contributed by atoms with Crippen LogP contribution in [0.15, 0.2) is 51.7 Å². The van der Waals surface area contributed by atoms with Gasteiger partial charge in [-0.3, -0.25) is 0 Å². The van der Waals surface area contributed by atoms with Crippen LogP contribution in [0.3, 0.4) is 0 Å². The first-order valence-electron chi connectivity index (χ1n) is 9.88. The van der Waals surface area contributed by atoms with Crippen LogP contribution in [-0.4, -0.2) is 13.3 Å². The van der Waals surface area contributed by atoms with Gasteiger partial charge < -0.3 is 18.8 Å². The Balaban J connectivity index is 1.62. The van der Waals surface area contributed by atoms with Gasteiger partial charge in [0.25, 0.3) is 0 Å². The molecule has 0 unspecified atom stereocenters. The number of hydrogen-bond acceptors (Lipinski definition) is 5. The molecule has 2 aromatic carbocycles. The standard InChI is InChI=1S/C23H25NO4/c1-3-5-12-26-18-8-6-17(7-9-18)24-14-20-21(27-15-24)11-10-19-16(4-2)13-22(25)28-23(19)20/h6-11,13H,3-5,12,14-15H2,1-2H3. The Hall–Kier alpha value is -2.95. The summed E-state index contributed by atoms with van der Waals surface area (Å²) in [6.07, 6.45) is 2.95. The highest BCUT2D eigenvalue weighted by atomic mass is 16.5. The average molecular weight is 379 g/mol. The second-order valence-electron chi connectivity index (χ2n) is 7.03. The number of anilines is 1. The lowest BCUT2D eigenvalue weighted by Gasteiger charge is -2.31. The molecule has 4 rings (SSSR count). The number of benzene rings is 2. The highest BCUT2D eigenvalue weighted by Crippen LogP contribution is 2.35. The largest absolute Gasteiger partial charge is 0.494 e. The zero-order valence-electron chi connectivity index (χ0n) is 16.4. The molecule has 1 aliphatic rings. The Labute approximate surface area is 164 Å². The highest BCUT2D eigenvalue weighted by molar-refractivity contribution is 5.85. The third-order valence-corrected chi connectivity index (χ3v) is 5.13. The number of nitrogens with zero attached hydrogens (tertiary/aromatic N) is 1. The molecule has 5 heteroatoms. The van der Waals surface area contributed by atoms with E-state index < -0.39 is 0 Å². The molecule has 5 nitrogen and oxygen atoms in total. The van der Waals surface area contributed by atoms with Crippen LogP contribution in [0.1, 0.15) is 37.8 Å². The van der Waals surface area contributed by atoms with E-state index in [2.05, 4.69) is 11.8 Å². The van der Waals surface area contributed by atoms with Crippen LogP contribution < -0.4 is 20.0 Å². The van der Waals surface area contributed by atoms with Crippen LogP contribution >= 0.6 is 0 Å². The van der Waals surface area contributed by atoms with Crippen LogP contribution in [0.5, 0.6) is 11.5 Å². The van der Waals surface area contributed by atoms with Crippen LogP contribution in [0.25, 0.3) is 11.0 Å². The first-order valence-corrected chi connectivity index (χ1v) is 9.88. The van der Waals surface area contributed by atoms with E-state index in [9.17, 15) is 4.79 Å². The van der Waals surface area contributed by atoms with Crippen molar-refractivity contribution in [3.8, 4) is 11.5 Å². The molecule has 0 saturated carbocycles. The van der Waals surface area contributed by atoms with Gasteiger partial charge in [-0.25, -0.2) is 4.79 Å². The van der Waals surface area contributed by atoms with Gasteiger partial charge in [0.15, 0.2) is 6.73 Å². The summed E-state index contributed by atoms with van der Waals surface area (Å²) in [5.74, 6) is 1.65. The first kappa shape index (κ1) is 18.4. The van der Waals surface area contributed by atoms with E-state index in [1.165, 1.54) is 0 Å². The van der Waals surface area contributed by atoms with Crippen LogP contribution in [-0.2, 0) is 13.0 Å². The van der Waals surface area contributed by atoms with Crippen LogP contribution in [0.2, 0.25) is 0 Å². The van der Waals surface area contributed by atoms with E-state index in [1.54, 1.807) is 6.07 Å². The Morgan fingerprint density at radius 1 is 1.11 bits per heavy atom. The molecular formula is C23H25NO4. The Morgan fingerprint density at radius 3 is 2.68 bits per heavy atom. The summed E-state index contributed by atoms with van der Waals surface area (Å²) in [5, 5.41) is 0.978. The lowest BCUT2D eigenvalue weighted by Crippen LogP contribution is -2.32. The molecule has 28 heavy (non-hydrogen) atoms. The summed E-state index contributed by atoms with van der Waals surface area (Å²) >= 11 is 0. The summed E-state index contributed by atoms with van der Waals surface area (Å²) in [6.45, 7) is 6.00. The van der Waals surface area contributed by atoms with Gasteiger partial charge >= 0.3 is 5.63 Å². The van der Waals surface area contributed by atoms with Crippen molar-refractivity contribution in [2.75, 3.05) is 18.2 Å². The molecule has 0 radical (unpaired) electrons. The fourth-order valence-electron chi connectivity index (χ4n) is 3.54. The minimum atomic E-state index is -0.316. The number of rotatable bonds is 6. The number of hydrogen-bond donors (Lipinski definition) is 0. The molecule has 2 heterocycles. The van der Waals surface area contributed by atoms with Crippen molar-refractivity contribution >= 4 is 16.7 Å². The minimum Gasteiger partial charge on any atom is -0.494 e. The van der Waals surface area contributed by atoms with E-state index in [4.69, 9.17) is 13.9 Å². The van der Waals surface area contributed by atoms with Gasteiger partial charge in [0, 0.05) is 17.1 Å². The number of ether oxygens (including phenoxy) is 2. The van der Waals surface area contributed by atoms with Gasteiger partial charge in [-0.15, -0.1) is 0 Å². The quantitative estimate of drug-likeness (QED) is 0.451. The molecule has 0 bridgehead atoms. The Morgan fingerprint density at radius 2 is 1.93 bits per heavy atom. The maximum Gasteiger partial charge on any atom is 0.336 e. The Bertz CT molecular complexity index is 1020. The van der Waals surface area contributed by atoms with Crippen molar-refractivity contribution in [3.63, 3.8) is 0 Å². The highest BCUT2D eigenvalue weighted by Gasteiger charge is 2.22. The van der Waals surface area contributed by atoms with Crippen molar-refractivity contribution in [2.45, 2.75) is 39.7 Å². The lowest BCUT2D eigenvalue weighted by atomic mass is 10.0.